The molecule has 0 spiro atoms. The minimum absolute atomic E-state index is 0.0795. The quantitative estimate of drug-likeness (QED) is 0.661. The Balaban J connectivity index is 1.30. The van der Waals surface area contributed by atoms with Gasteiger partial charge in [-0.2, -0.15) is 0 Å². The first kappa shape index (κ1) is 18.9. The maximum atomic E-state index is 12.5. The first-order chi connectivity index (χ1) is 13.7. The van der Waals surface area contributed by atoms with Gasteiger partial charge in [0.15, 0.2) is 0 Å². The van der Waals surface area contributed by atoms with Gasteiger partial charge in [0.2, 0.25) is 5.91 Å². The number of methoxy groups -OCH3 is 1. The molecule has 2 heterocycles. The third-order valence-corrected chi connectivity index (χ3v) is 6.28. The van der Waals surface area contributed by atoms with Gasteiger partial charge in [0, 0.05) is 19.0 Å². The van der Waals surface area contributed by atoms with Crippen LogP contribution in [0.2, 0.25) is 0 Å². The number of carbonyl (C=O) groups excluding carboxylic acids is 1. The number of amides is 1. The molecule has 0 bridgehead atoms. The van der Waals surface area contributed by atoms with Crippen LogP contribution in [0.1, 0.15) is 29.5 Å². The second-order valence-corrected chi connectivity index (χ2v) is 8.20. The molecule has 1 amide bonds. The molecule has 0 radical (unpaired) electrons. The minimum atomic E-state index is 0.0795. The molecule has 146 valence electrons. The van der Waals surface area contributed by atoms with Crippen LogP contribution in [0.4, 0.5) is 0 Å². The SMILES string of the molecule is COc1cccc(C2CCCN2CC(=O)NCCc2nc3ccccc3s2)c1. The molecular formula is C22H25N3O2S. The highest BCUT2D eigenvalue weighted by molar-refractivity contribution is 7.18. The number of benzene rings is 2. The zero-order chi connectivity index (χ0) is 19.3. The van der Waals surface area contributed by atoms with Crippen molar-refractivity contribution < 1.29 is 9.53 Å². The number of hydrogen-bond donors (Lipinski definition) is 1. The van der Waals surface area contributed by atoms with Gasteiger partial charge in [-0.05, 0) is 49.2 Å². The molecule has 2 aromatic carbocycles. The van der Waals surface area contributed by atoms with Gasteiger partial charge in [-0.1, -0.05) is 24.3 Å². The second-order valence-electron chi connectivity index (χ2n) is 7.08. The van der Waals surface area contributed by atoms with Gasteiger partial charge in [0.25, 0.3) is 0 Å². The molecule has 1 aliphatic heterocycles. The number of fused-ring (bicyclic) bond motifs is 1. The first-order valence-corrected chi connectivity index (χ1v) is 10.5. The number of hydrogen-bond acceptors (Lipinski definition) is 5. The van der Waals surface area contributed by atoms with E-state index < -0.39 is 0 Å². The molecule has 3 aromatic rings. The van der Waals surface area contributed by atoms with Crippen molar-refractivity contribution in [3.8, 4) is 5.75 Å². The van der Waals surface area contributed by atoms with E-state index in [2.05, 4.69) is 33.4 Å². The van der Waals surface area contributed by atoms with E-state index in [0.717, 1.165) is 42.1 Å². The number of nitrogens with one attached hydrogen (secondary N) is 1. The van der Waals surface area contributed by atoms with Crippen LogP contribution in [-0.2, 0) is 11.2 Å². The molecule has 0 aliphatic carbocycles. The summed E-state index contributed by atoms with van der Waals surface area (Å²) in [6.45, 7) is 2.01. The maximum Gasteiger partial charge on any atom is 0.234 e. The van der Waals surface area contributed by atoms with Crippen LogP contribution in [0.3, 0.4) is 0 Å². The lowest BCUT2D eigenvalue weighted by Gasteiger charge is -2.24. The van der Waals surface area contributed by atoms with Crippen molar-refractivity contribution >= 4 is 27.5 Å². The lowest BCUT2D eigenvalue weighted by atomic mass is 10.0. The van der Waals surface area contributed by atoms with Crippen molar-refractivity contribution in [2.45, 2.75) is 25.3 Å². The third-order valence-electron chi connectivity index (χ3n) is 5.19. The normalized spacial score (nSPS) is 17.1. The van der Waals surface area contributed by atoms with Crippen molar-refractivity contribution in [3.05, 3.63) is 59.1 Å². The minimum Gasteiger partial charge on any atom is -0.497 e. The Hall–Kier alpha value is -2.44. The van der Waals surface area contributed by atoms with E-state index in [1.807, 2.05) is 30.3 Å². The Morgan fingerprint density at radius 3 is 3.04 bits per heavy atom. The van der Waals surface area contributed by atoms with E-state index in [-0.39, 0.29) is 11.9 Å². The lowest BCUT2D eigenvalue weighted by Crippen LogP contribution is -2.37. The predicted octanol–water partition coefficient (Wildman–Crippen LogP) is 3.80. The summed E-state index contributed by atoms with van der Waals surface area (Å²) in [4.78, 5) is 19.4. The van der Waals surface area contributed by atoms with E-state index in [1.165, 1.54) is 10.3 Å². The van der Waals surface area contributed by atoms with Gasteiger partial charge < -0.3 is 10.1 Å². The van der Waals surface area contributed by atoms with Crippen molar-refractivity contribution in [2.24, 2.45) is 0 Å². The predicted molar refractivity (Wildman–Crippen MR) is 113 cm³/mol. The summed E-state index contributed by atoms with van der Waals surface area (Å²) in [5.74, 6) is 0.945. The van der Waals surface area contributed by atoms with Crippen molar-refractivity contribution in [1.82, 2.24) is 15.2 Å². The average molecular weight is 396 g/mol. The van der Waals surface area contributed by atoms with Crippen LogP contribution < -0.4 is 10.1 Å². The zero-order valence-electron chi connectivity index (χ0n) is 16.1. The van der Waals surface area contributed by atoms with Gasteiger partial charge in [0.1, 0.15) is 5.75 Å². The number of nitrogens with zero attached hydrogens (tertiary/aromatic N) is 2. The molecular weight excluding hydrogens is 370 g/mol. The zero-order valence-corrected chi connectivity index (χ0v) is 16.9. The molecule has 1 atom stereocenters. The van der Waals surface area contributed by atoms with Crippen LogP contribution >= 0.6 is 11.3 Å². The standard InChI is InChI=1S/C22H25N3O2S/c1-27-17-7-4-6-16(14-17)19-9-5-13-25(19)15-21(26)23-12-11-22-24-18-8-2-3-10-20(18)28-22/h2-4,6-8,10,14,19H,5,9,11-13,15H2,1H3,(H,23,26). The molecule has 1 aliphatic rings. The Morgan fingerprint density at radius 1 is 1.29 bits per heavy atom. The van der Waals surface area contributed by atoms with Crippen LogP contribution in [-0.4, -0.2) is 42.5 Å². The number of carbonyl (C=O) groups is 1. The average Bonchev–Trinajstić information content (AvgIpc) is 3.34. The number of aromatic nitrogens is 1. The van der Waals surface area contributed by atoms with E-state index in [4.69, 9.17) is 4.74 Å². The molecule has 1 unspecified atom stereocenters. The first-order valence-electron chi connectivity index (χ1n) is 9.72. The summed E-state index contributed by atoms with van der Waals surface area (Å²) in [5.41, 5.74) is 2.26. The fourth-order valence-electron chi connectivity index (χ4n) is 3.82. The van der Waals surface area contributed by atoms with E-state index >= 15 is 0 Å². The fourth-order valence-corrected chi connectivity index (χ4v) is 4.78. The largest absolute Gasteiger partial charge is 0.497 e. The van der Waals surface area contributed by atoms with Crippen molar-refractivity contribution in [3.63, 3.8) is 0 Å². The maximum absolute atomic E-state index is 12.5. The summed E-state index contributed by atoms with van der Waals surface area (Å²) in [6.07, 6.45) is 2.96. The number of ether oxygens (including phenoxy) is 1. The van der Waals surface area contributed by atoms with Gasteiger partial charge in [-0.15, -0.1) is 11.3 Å². The number of para-hydroxylation sites is 1. The molecule has 6 heteroatoms. The molecule has 5 nitrogen and oxygen atoms in total. The topological polar surface area (TPSA) is 54.5 Å². The third kappa shape index (κ3) is 4.34. The van der Waals surface area contributed by atoms with E-state index in [1.54, 1.807) is 18.4 Å². The summed E-state index contributed by atoms with van der Waals surface area (Å²) < 4.78 is 6.54. The monoisotopic (exact) mass is 395 g/mol. The Labute approximate surface area is 169 Å². The highest BCUT2D eigenvalue weighted by Gasteiger charge is 2.27. The van der Waals surface area contributed by atoms with E-state index in [9.17, 15) is 4.79 Å². The van der Waals surface area contributed by atoms with Crippen LogP contribution in [0, 0.1) is 0 Å². The summed E-state index contributed by atoms with van der Waals surface area (Å²) in [6, 6.07) is 16.6. The molecule has 4 rings (SSSR count). The fraction of sp³-hybridized carbons (Fsp3) is 0.364. The number of likely N-dealkylation sites (tertiary alicyclic amines) is 1. The van der Waals surface area contributed by atoms with Crippen LogP contribution in [0.15, 0.2) is 48.5 Å². The molecule has 1 saturated heterocycles. The van der Waals surface area contributed by atoms with Gasteiger partial charge in [-0.25, -0.2) is 4.98 Å². The molecule has 1 aromatic heterocycles. The highest BCUT2D eigenvalue weighted by atomic mass is 32.1. The Kier molecular flexibility index (Phi) is 5.88. The van der Waals surface area contributed by atoms with Gasteiger partial charge in [0.05, 0.1) is 28.9 Å². The van der Waals surface area contributed by atoms with Crippen molar-refractivity contribution in [2.75, 3.05) is 26.7 Å². The molecule has 1 fully saturated rings. The van der Waals surface area contributed by atoms with Gasteiger partial charge >= 0.3 is 0 Å². The van der Waals surface area contributed by atoms with Crippen LogP contribution in [0.25, 0.3) is 10.2 Å². The number of rotatable bonds is 7. The van der Waals surface area contributed by atoms with E-state index in [0.29, 0.717) is 13.1 Å². The molecule has 0 saturated carbocycles. The van der Waals surface area contributed by atoms with Crippen LogP contribution in [0.5, 0.6) is 5.75 Å². The molecule has 28 heavy (non-hydrogen) atoms. The van der Waals surface area contributed by atoms with Crippen molar-refractivity contribution in [1.29, 1.82) is 0 Å². The summed E-state index contributed by atoms with van der Waals surface area (Å²) in [5, 5.41) is 4.12. The highest BCUT2D eigenvalue weighted by Crippen LogP contribution is 2.33. The summed E-state index contributed by atoms with van der Waals surface area (Å²) >= 11 is 1.70. The smallest absolute Gasteiger partial charge is 0.234 e. The Morgan fingerprint density at radius 2 is 2.18 bits per heavy atom. The lowest BCUT2D eigenvalue weighted by molar-refractivity contribution is -0.122. The number of thiazole rings is 1. The molecule has 1 N–H and O–H groups in total. The second kappa shape index (κ2) is 8.71. The summed E-state index contributed by atoms with van der Waals surface area (Å²) in [7, 11) is 1.68. The van der Waals surface area contributed by atoms with Gasteiger partial charge in [-0.3, -0.25) is 9.69 Å². The Bertz CT molecular complexity index is 923.